The maximum Gasteiger partial charge on any atom is 0.0488 e. The lowest BCUT2D eigenvalue weighted by Gasteiger charge is -2.09. The van der Waals surface area contributed by atoms with Crippen molar-refractivity contribution < 1.29 is 0 Å². The molecule has 0 saturated heterocycles. The van der Waals surface area contributed by atoms with Crippen molar-refractivity contribution in [3.05, 3.63) is 70.9 Å². The van der Waals surface area contributed by atoms with Crippen molar-refractivity contribution in [3.63, 3.8) is 0 Å². The average Bonchev–Trinajstić information content (AvgIpc) is 2.67. The summed E-state index contributed by atoms with van der Waals surface area (Å²) in [6.07, 6.45) is 0. The predicted octanol–water partition coefficient (Wildman–Crippen LogP) is 4.61. The zero-order chi connectivity index (χ0) is 13.4. The molecule has 96 valence electrons. The second kappa shape index (κ2) is 4.58. The molecule has 0 atom stereocenters. The Bertz CT molecular complexity index is 717. The van der Waals surface area contributed by atoms with Crippen molar-refractivity contribution >= 4 is 10.9 Å². The van der Waals surface area contributed by atoms with Crippen LogP contribution in [0.5, 0.6) is 0 Å². The van der Waals surface area contributed by atoms with E-state index in [1.54, 1.807) is 0 Å². The lowest BCUT2D eigenvalue weighted by Crippen LogP contribution is -2.01. The van der Waals surface area contributed by atoms with E-state index in [-0.39, 0.29) is 0 Å². The van der Waals surface area contributed by atoms with Crippen molar-refractivity contribution in [2.24, 2.45) is 0 Å². The summed E-state index contributed by atoms with van der Waals surface area (Å²) in [7, 11) is 0. The highest BCUT2D eigenvalue weighted by atomic mass is 15.0. The summed E-state index contributed by atoms with van der Waals surface area (Å²) in [5.74, 6) is 0. The van der Waals surface area contributed by atoms with Gasteiger partial charge in [-0.1, -0.05) is 48.0 Å². The Morgan fingerprint density at radius 2 is 1.53 bits per heavy atom. The molecular formula is C18H19N. The van der Waals surface area contributed by atoms with E-state index in [0.29, 0.717) is 0 Å². The van der Waals surface area contributed by atoms with E-state index in [1.165, 1.54) is 33.3 Å². The van der Waals surface area contributed by atoms with Crippen LogP contribution in [0.25, 0.3) is 10.9 Å². The molecule has 0 bridgehead atoms. The van der Waals surface area contributed by atoms with Crippen LogP contribution in [-0.4, -0.2) is 4.57 Å². The van der Waals surface area contributed by atoms with Crippen molar-refractivity contribution in [1.82, 2.24) is 4.57 Å². The molecule has 0 radical (unpaired) electrons. The molecule has 0 aliphatic rings. The number of hydrogen-bond acceptors (Lipinski definition) is 0. The molecule has 1 heteroatoms. The van der Waals surface area contributed by atoms with E-state index in [4.69, 9.17) is 0 Å². The molecule has 0 N–H and O–H groups in total. The molecule has 0 aliphatic carbocycles. The molecule has 0 aliphatic heterocycles. The Labute approximate surface area is 114 Å². The fourth-order valence-corrected chi connectivity index (χ4v) is 2.68. The van der Waals surface area contributed by atoms with Crippen LogP contribution in [0.1, 0.15) is 22.4 Å². The fourth-order valence-electron chi connectivity index (χ4n) is 2.68. The Kier molecular flexibility index (Phi) is 2.90. The SMILES string of the molecule is Cc1ccc(Cn2c(C)c(C)c3ccccc32)cc1. The molecule has 2 aromatic carbocycles. The van der Waals surface area contributed by atoms with Crippen LogP contribution in [0.4, 0.5) is 0 Å². The number of nitrogens with zero attached hydrogens (tertiary/aromatic N) is 1. The first-order valence-electron chi connectivity index (χ1n) is 6.77. The molecular weight excluding hydrogens is 230 g/mol. The number of benzene rings is 2. The van der Waals surface area contributed by atoms with Crippen LogP contribution in [0, 0.1) is 20.8 Å². The summed E-state index contributed by atoms with van der Waals surface area (Å²) < 4.78 is 2.41. The first-order valence-corrected chi connectivity index (χ1v) is 6.77. The third kappa shape index (κ3) is 2.06. The molecule has 19 heavy (non-hydrogen) atoms. The standard InChI is InChI=1S/C18H19N/c1-13-8-10-16(11-9-13)12-19-15(3)14(2)17-6-4-5-7-18(17)19/h4-11H,12H2,1-3H3. The summed E-state index contributed by atoms with van der Waals surface area (Å²) in [6, 6.07) is 17.5. The highest BCUT2D eigenvalue weighted by Gasteiger charge is 2.10. The minimum Gasteiger partial charge on any atom is -0.340 e. The molecule has 1 heterocycles. The van der Waals surface area contributed by atoms with Crippen LogP contribution < -0.4 is 0 Å². The van der Waals surface area contributed by atoms with Crippen LogP contribution in [0.2, 0.25) is 0 Å². The lowest BCUT2D eigenvalue weighted by atomic mass is 10.1. The minimum absolute atomic E-state index is 0.945. The van der Waals surface area contributed by atoms with Gasteiger partial charge in [0.2, 0.25) is 0 Å². The van der Waals surface area contributed by atoms with Gasteiger partial charge in [-0.3, -0.25) is 0 Å². The monoisotopic (exact) mass is 249 g/mol. The van der Waals surface area contributed by atoms with Crippen LogP contribution in [-0.2, 0) is 6.54 Å². The van der Waals surface area contributed by atoms with Gasteiger partial charge in [0.25, 0.3) is 0 Å². The lowest BCUT2D eigenvalue weighted by molar-refractivity contribution is 0.800. The molecule has 1 nitrogen and oxygen atoms in total. The second-order valence-corrected chi connectivity index (χ2v) is 5.30. The van der Waals surface area contributed by atoms with E-state index in [2.05, 4.69) is 73.9 Å². The largest absolute Gasteiger partial charge is 0.340 e. The number of aromatic nitrogens is 1. The van der Waals surface area contributed by atoms with Crippen LogP contribution >= 0.6 is 0 Å². The van der Waals surface area contributed by atoms with Crippen molar-refractivity contribution in [3.8, 4) is 0 Å². The van der Waals surface area contributed by atoms with Crippen LogP contribution in [0.15, 0.2) is 48.5 Å². The Morgan fingerprint density at radius 1 is 0.842 bits per heavy atom. The number of aryl methyl sites for hydroxylation is 2. The van der Waals surface area contributed by atoms with Crippen molar-refractivity contribution in [1.29, 1.82) is 0 Å². The highest BCUT2D eigenvalue weighted by Crippen LogP contribution is 2.25. The van der Waals surface area contributed by atoms with E-state index in [9.17, 15) is 0 Å². The van der Waals surface area contributed by atoms with Gasteiger partial charge in [-0.2, -0.15) is 0 Å². The molecule has 0 saturated carbocycles. The van der Waals surface area contributed by atoms with Gasteiger partial charge in [0.05, 0.1) is 0 Å². The number of para-hydroxylation sites is 1. The quantitative estimate of drug-likeness (QED) is 0.625. The molecule has 1 aromatic heterocycles. The predicted molar refractivity (Wildman–Crippen MR) is 81.7 cm³/mol. The van der Waals surface area contributed by atoms with Crippen molar-refractivity contribution in [2.75, 3.05) is 0 Å². The topological polar surface area (TPSA) is 4.93 Å². The van der Waals surface area contributed by atoms with Gasteiger partial charge in [-0.25, -0.2) is 0 Å². The third-order valence-corrected chi connectivity index (χ3v) is 4.01. The van der Waals surface area contributed by atoms with Gasteiger partial charge in [0.15, 0.2) is 0 Å². The van der Waals surface area contributed by atoms with Gasteiger partial charge in [-0.05, 0) is 38.0 Å². The smallest absolute Gasteiger partial charge is 0.0488 e. The first-order chi connectivity index (χ1) is 9.16. The molecule has 3 aromatic rings. The number of hydrogen-bond donors (Lipinski definition) is 0. The molecule has 0 fully saturated rings. The van der Waals surface area contributed by atoms with Crippen LogP contribution in [0.3, 0.4) is 0 Å². The van der Waals surface area contributed by atoms with Gasteiger partial charge >= 0.3 is 0 Å². The summed E-state index contributed by atoms with van der Waals surface area (Å²) in [6.45, 7) is 7.50. The highest BCUT2D eigenvalue weighted by molar-refractivity contribution is 5.85. The fraction of sp³-hybridized carbons (Fsp3) is 0.222. The molecule has 0 unspecified atom stereocenters. The summed E-state index contributed by atoms with van der Waals surface area (Å²) >= 11 is 0. The van der Waals surface area contributed by atoms with E-state index in [1.807, 2.05) is 0 Å². The van der Waals surface area contributed by atoms with E-state index in [0.717, 1.165) is 6.54 Å². The van der Waals surface area contributed by atoms with Gasteiger partial charge < -0.3 is 4.57 Å². The molecule has 0 spiro atoms. The summed E-state index contributed by atoms with van der Waals surface area (Å²) in [5, 5.41) is 1.37. The zero-order valence-electron chi connectivity index (χ0n) is 11.8. The summed E-state index contributed by atoms with van der Waals surface area (Å²) in [5.41, 5.74) is 6.76. The molecule has 3 rings (SSSR count). The van der Waals surface area contributed by atoms with Gasteiger partial charge in [-0.15, -0.1) is 0 Å². The first kappa shape index (κ1) is 12.0. The number of rotatable bonds is 2. The second-order valence-electron chi connectivity index (χ2n) is 5.30. The Hall–Kier alpha value is -2.02. The Morgan fingerprint density at radius 3 is 2.26 bits per heavy atom. The maximum atomic E-state index is 2.41. The normalized spacial score (nSPS) is 11.1. The van der Waals surface area contributed by atoms with Gasteiger partial charge in [0, 0.05) is 23.1 Å². The third-order valence-electron chi connectivity index (χ3n) is 4.01. The van der Waals surface area contributed by atoms with E-state index < -0.39 is 0 Å². The minimum atomic E-state index is 0.945. The molecule has 0 amide bonds. The zero-order valence-corrected chi connectivity index (χ0v) is 11.8. The van der Waals surface area contributed by atoms with Gasteiger partial charge in [0.1, 0.15) is 0 Å². The van der Waals surface area contributed by atoms with E-state index >= 15 is 0 Å². The summed E-state index contributed by atoms with van der Waals surface area (Å²) in [4.78, 5) is 0. The Balaban J connectivity index is 2.10. The average molecular weight is 249 g/mol. The maximum absolute atomic E-state index is 2.41. The van der Waals surface area contributed by atoms with Crippen molar-refractivity contribution in [2.45, 2.75) is 27.3 Å². The number of fused-ring (bicyclic) bond motifs is 1.